The van der Waals surface area contributed by atoms with Crippen molar-refractivity contribution >= 4 is 5.91 Å². The second-order valence-corrected chi connectivity index (χ2v) is 4.22. The SMILES string of the molecule is C#CCN(CC1CC1)C(=O)CCCOCC. The molecule has 0 atom stereocenters. The molecule has 0 bridgehead atoms. The molecule has 0 aliphatic heterocycles. The number of hydrogen-bond acceptors (Lipinski definition) is 2. The Morgan fingerprint density at radius 3 is 2.88 bits per heavy atom. The summed E-state index contributed by atoms with van der Waals surface area (Å²) >= 11 is 0. The van der Waals surface area contributed by atoms with Gasteiger partial charge < -0.3 is 9.64 Å². The predicted octanol–water partition coefficient (Wildman–Crippen LogP) is 1.67. The number of terminal acetylenes is 1. The molecule has 0 aromatic rings. The summed E-state index contributed by atoms with van der Waals surface area (Å²) in [5.41, 5.74) is 0. The predicted molar refractivity (Wildman–Crippen MR) is 63.9 cm³/mol. The van der Waals surface area contributed by atoms with Crippen LogP contribution in [0.25, 0.3) is 0 Å². The van der Waals surface area contributed by atoms with Gasteiger partial charge in [0.05, 0.1) is 6.54 Å². The van der Waals surface area contributed by atoms with Gasteiger partial charge in [0, 0.05) is 26.2 Å². The van der Waals surface area contributed by atoms with E-state index in [2.05, 4.69) is 5.92 Å². The van der Waals surface area contributed by atoms with E-state index in [0.717, 1.165) is 13.0 Å². The van der Waals surface area contributed by atoms with E-state index < -0.39 is 0 Å². The zero-order valence-corrected chi connectivity index (χ0v) is 10.1. The molecular formula is C13H21NO2. The lowest BCUT2D eigenvalue weighted by Gasteiger charge is -2.19. The molecule has 0 spiro atoms. The van der Waals surface area contributed by atoms with Gasteiger partial charge >= 0.3 is 0 Å². The average molecular weight is 223 g/mol. The first-order valence-electron chi connectivity index (χ1n) is 6.07. The second-order valence-electron chi connectivity index (χ2n) is 4.22. The molecule has 0 unspecified atom stereocenters. The van der Waals surface area contributed by atoms with E-state index in [9.17, 15) is 4.79 Å². The van der Waals surface area contributed by atoms with Crippen molar-refractivity contribution in [3.05, 3.63) is 0 Å². The first-order chi connectivity index (χ1) is 7.77. The smallest absolute Gasteiger partial charge is 0.223 e. The number of carbonyl (C=O) groups excluding carboxylic acids is 1. The van der Waals surface area contributed by atoms with Crippen molar-refractivity contribution in [1.29, 1.82) is 0 Å². The van der Waals surface area contributed by atoms with Crippen LogP contribution in [0.5, 0.6) is 0 Å². The topological polar surface area (TPSA) is 29.5 Å². The van der Waals surface area contributed by atoms with Crippen LogP contribution in [-0.4, -0.2) is 37.1 Å². The summed E-state index contributed by atoms with van der Waals surface area (Å²) in [4.78, 5) is 13.6. The van der Waals surface area contributed by atoms with Gasteiger partial charge in [-0.1, -0.05) is 5.92 Å². The maximum absolute atomic E-state index is 11.8. The molecule has 0 aromatic heterocycles. The standard InChI is InChI=1S/C13H21NO2/c1-3-9-14(11-12-7-8-12)13(15)6-5-10-16-4-2/h1,12H,4-11H2,2H3. The van der Waals surface area contributed by atoms with Crippen LogP contribution in [0.15, 0.2) is 0 Å². The molecule has 16 heavy (non-hydrogen) atoms. The fourth-order valence-electron chi connectivity index (χ4n) is 1.60. The van der Waals surface area contributed by atoms with Crippen LogP contribution >= 0.6 is 0 Å². The van der Waals surface area contributed by atoms with Crippen LogP contribution in [0.3, 0.4) is 0 Å². The molecule has 1 saturated carbocycles. The third kappa shape index (κ3) is 5.18. The van der Waals surface area contributed by atoms with E-state index >= 15 is 0 Å². The highest BCUT2D eigenvalue weighted by Gasteiger charge is 2.25. The molecule has 1 rings (SSSR count). The van der Waals surface area contributed by atoms with Crippen molar-refractivity contribution < 1.29 is 9.53 Å². The Kier molecular flexibility index (Phi) is 5.95. The summed E-state index contributed by atoms with van der Waals surface area (Å²) < 4.78 is 5.21. The summed E-state index contributed by atoms with van der Waals surface area (Å²) in [6, 6.07) is 0. The highest BCUT2D eigenvalue weighted by Crippen LogP contribution is 2.29. The van der Waals surface area contributed by atoms with E-state index in [1.165, 1.54) is 12.8 Å². The molecule has 1 amide bonds. The van der Waals surface area contributed by atoms with E-state index in [1.54, 1.807) is 0 Å². The molecule has 0 saturated heterocycles. The maximum Gasteiger partial charge on any atom is 0.223 e. The van der Waals surface area contributed by atoms with Crippen molar-refractivity contribution in [1.82, 2.24) is 4.90 Å². The van der Waals surface area contributed by atoms with Crippen LogP contribution in [0.4, 0.5) is 0 Å². The van der Waals surface area contributed by atoms with Gasteiger partial charge in [0.1, 0.15) is 0 Å². The van der Waals surface area contributed by atoms with E-state index in [1.807, 2.05) is 11.8 Å². The number of ether oxygens (including phenoxy) is 1. The molecule has 1 fully saturated rings. The first kappa shape index (κ1) is 13.1. The molecule has 3 heteroatoms. The molecular weight excluding hydrogens is 202 g/mol. The molecule has 90 valence electrons. The van der Waals surface area contributed by atoms with Crippen molar-refractivity contribution in [2.45, 2.75) is 32.6 Å². The number of amides is 1. The van der Waals surface area contributed by atoms with Crippen LogP contribution < -0.4 is 0 Å². The zero-order chi connectivity index (χ0) is 11.8. The molecule has 0 heterocycles. The quantitative estimate of drug-likeness (QED) is 0.463. The minimum absolute atomic E-state index is 0.171. The highest BCUT2D eigenvalue weighted by molar-refractivity contribution is 5.76. The molecule has 1 aliphatic rings. The average Bonchev–Trinajstić information content (AvgIpc) is 3.07. The molecule has 1 aliphatic carbocycles. The highest BCUT2D eigenvalue weighted by atomic mass is 16.5. The molecule has 3 nitrogen and oxygen atoms in total. The fraction of sp³-hybridized carbons (Fsp3) is 0.769. The third-order valence-electron chi connectivity index (χ3n) is 2.69. The Morgan fingerprint density at radius 1 is 1.56 bits per heavy atom. The number of nitrogens with zero attached hydrogens (tertiary/aromatic N) is 1. The van der Waals surface area contributed by atoms with Crippen LogP contribution in [0.2, 0.25) is 0 Å². The lowest BCUT2D eigenvalue weighted by molar-refractivity contribution is -0.131. The van der Waals surface area contributed by atoms with Crippen molar-refractivity contribution in [3.63, 3.8) is 0 Å². The number of hydrogen-bond donors (Lipinski definition) is 0. The number of carbonyl (C=O) groups is 1. The Labute approximate surface area is 98.1 Å². The fourth-order valence-corrected chi connectivity index (χ4v) is 1.60. The first-order valence-corrected chi connectivity index (χ1v) is 6.07. The minimum Gasteiger partial charge on any atom is -0.382 e. The Bertz CT molecular complexity index is 253. The van der Waals surface area contributed by atoms with Gasteiger partial charge in [0.15, 0.2) is 0 Å². The zero-order valence-electron chi connectivity index (χ0n) is 10.1. The van der Waals surface area contributed by atoms with Crippen LogP contribution in [0, 0.1) is 18.3 Å². The lowest BCUT2D eigenvalue weighted by Crippen LogP contribution is -2.33. The number of rotatable bonds is 8. The molecule has 0 radical (unpaired) electrons. The van der Waals surface area contributed by atoms with Gasteiger partial charge in [-0.25, -0.2) is 0 Å². The van der Waals surface area contributed by atoms with Crippen molar-refractivity contribution in [3.8, 4) is 12.3 Å². The monoisotopic (exact) mass is 223 g/mol. The largest absolute Gasteiger partial charge is 0.382 e. The lowest BCUT2D eigenvalue weighted by atomic mass is 10.2. The Hall–Kier alpha value is -1.01. The van der Waals surface area contributed by atoms with Gasteiger partial charge in [-0.2, -0.15) is 0 Å². The third-order valence-corrected chi connectivity index (χ3v) is 2.69. The van der Waals surface area contributed by atoms with Gasteiger partial charge in [0.25, 0.3) is 0 Å². The summed E-state index contributed by atoms with van der Waals surface area (Å²) in [6.07, 6.45) is 9.10. The Balaban J connectivity index is 2.20. The Morgan fingerprint density at radius 2 is 2.31 bits per heavy atom. The van der Waals surface area contributed by atoms with Crippen LogP contribution in [-0.2, 0) is 9.53 Å². The van der Waals surface area contributed by atoms with E-state index in [-0.39, 0.29) is 5.91 Å². The minimum atomic E-state index is 0.171. The van der Waals surface area contributed by atoms with Crippen molar-refractivity contribution in [2.75, 3.05) is 26.3 Å². The summed E-state index contributed by atoms with van der Waals surface area (Å²) in [6.45, 7) is 4.63. The normalized spacial score (nSPS) is 14.5. The summed E-state index contributed by atoms with van der Waals surface area (Å²) in [7, 11) is 0. The van der Waals surface area contributed by atoms with E-state index in [0.29, 0.717) is 32.1 Å². The van der Waals surface area contributed by atoms with Crippen LogP contribution in [0.1, 0.15) is 32.6 Å². The van der Waals surface area contributed by atoms with Gasteiger partial charge in [0.2, 0.25) is 5.91 Å². The summed E-state index contributed by atoms with van der Waals surface area (Å²) in [5.74, 6) is 3.43. The van der Waals surface area contributed by atoms with Gasteiger partial charge in [-0.05, 0) is 32.1 Å². The maximum atomic E-state index is 11.8. The van der Waals surface area contributed by atoms with E-state index in [4.69, 9.17) is 11.2 Å². The van der Waals surface area contributed by atoms with Crippen molar-refractivity contribution in [2.24, 2.45) is 5.92 Å². The second kappa shape index (κ2) is 7.29. The van der Waals surface area contributed by atoms with Gasteiger partial charge in [-0.15, -0.1) is 6.42 Å². The molecule has 0 N–H and O–H groups in total. The van der Waals surface area contributed by atoms with Gasteiger partial charge in [-0.3, -0.25) is 4.79 Å². The summed E-state index contributed by atoms with van der Waals surface area (Å²) in [5, 5.41) is 0. The molecule has 0 aromatic carbocycles.